The highest BCUT2D eigenvalue weighted by atomic mass is 15.1. The number of rotatable bonds is 4. The van der Waals surface area contributed by atoms with E-state index in [1.54, 1.807) is 0 Å². The summed E-state index contributed by atoms with van der Waals surface area (Å²) in [6, 6.07) is 0.639. The first-order chi connectivity index (χ1) is 4.22. The van der Waals surface area contributed by atoms with Gasteiger partial charge in [0.05, 0.1) is 0 Å². The highest BCUT2D eigenvalue weighted by Crippen LogP contribution is 1.97. The van der Waals surface area contributed by atoms with Crippen molar-refractivity contribution < 1.29 is 0 Å². The maximum absolute atomic E-state index is 5.40. The van der Waals surface area contributed by atoms with E-state index < -0.39 is 0 Å². The summed E-state index contributed by atoms with van der Waals surface area (Å²) in [6.07, 6.45) is 1.10. The Balaban J connectivity index is 3.32. The van der Waals surface area contributed by atoms with Crippen molar-refractivity contribution >= 4 is 0 Å². The van der Waals surface area contributed by atoms with E-state index in [4.69, 9.17) is 5.73 Å². The summed E-state index contributed by atoms with van der Waals surface area (Å²) >= 11 is 0. The maximum Gasteiger partial charge on any atom is 0.00757 e. The second-order valence-corrected chi connectivity index (χ2v) is 2.50. The van der Waals surface area contributed by atoms with Gasteiger partial charge in [-0.1, -0.05) is 6.92 Å². The zero-order chi connectivity index (χ0) is 7.28. The number of nitrogens with zero attached hydrogens (tertiary/aromatic N) is 1. The van der Waals surface area contributed by atoms with Gasteiger partial charge in [0.15, 0.2) is 0 Å². The lowest BCUT2D eigenvalue weighted by atomic mass is 10.2. The normalized spacial score (nSPS) is 14.3. The van der Waals surface area contributed by atoms with Crippen LogP contribution < -0.4 is 5.73 Å². The monoisotopic (exact) mass is 130 g/mol. The minimum Gasteiger partial charge on any atom is -0.330 e. The highest BCUT2D eigenvalue weighted by molar-refractivity contribution is 4.60. The van der Waals surface area contributed by atoms with Crippen LogP contribution in [0.3, 0.4) is 0 Å². The third-order valence-corrected chi connectivity index (χ3v) is 1.84. The largest absolute Gasteiger partial charge is 0.330 e. The predicted octanol–water partition coefficient (Wildman–Crippen LogP) is 0.675. The summed E-state index contributed by atoms with van der Waals surface area (Å²) < 4.78 is 0. The zero-order valence-corrected chi connectivity index (χ0v) is 6.72. The van der Waals surface area contributed by atoms with Gasteiger partial charge in [0.2, 0.25) is 0 Å². The van der Waals surface area contributed by atoms with Gasteiger partial charge in [0, 0.05) is 6.04 Å². The molecule has 0 unspecified atom stereocenters. The first-order valence-electron chi connectivity index (χ1n) is 3.62. The van der Waals surface area contributed by atoms with Crippen LogP contribution in [0.2, 0.25) is 0 Å². The van der Waals surface area contributed by atoms with Crippen molar-refractivity contribution in [2.24, 2.45) is 5.73 Å². The Kier molecular flexibility index (Phi) is 4.72. The van der Waals surface area contributed by atoms with E-state index in [-0.39, 0.29) is 0 Å². The molecule has 0 heterocycles. The van der Waals surface area contributed by atoms with E-state index in [0.717, 1.165) is 19.5 Å². The quantitative estimate of drug-likeness (QED) is 0.606. The number of nitrogens with two attached hydrogens (primary N) is 1. The molecule has 0 rings (SSSR count). The molecule has 0 aromatic heterocycles. The molecule has 1 atom stereocenters. The van der Waals surface area contributed by atoms with Crippen LogP contribution in [0.1, 0.15) is 20.3 Å². The standard InChI is InChI=1S/C7H18N2/c1-4-9(3)7(2)5-6-8/h7H,4-6,8H2,1-3H3/t7-/m1/s1. The van der Waals surface area contributed by atoms with E-state index in [9.17, 15) is 0 Å². The van der Waals surface area contributed by atoms with Crippen molar-refractivity contribution in [1.82, 2.24) is 4.90 Å². The smallest absolute Gasteiger partial charge is 0.00757 e. The van der Waals surface area contributed by atoms with Crippen LogP contribution in [-0.4, -0.2) is 31.1 Å². The first-order valence-corrected chi connectivity index (χ1v) is 3.62. The topological polar surface area (TPSA) is 29.3 Å². The summed E-state index contributed by atoms with van der Waals surface area (Å²) in [4.78, 5) is 2.30. The van der Waals surface area contributed by atoms with Gasteiger partial charge in [0.25, 0.3) is 0 Å². The van der Waals surface area contributed by atoms with Crippen LogP contribution in [0.25, 0.3) is 0 Å². The van der Waals surface area contributed by atoms with Gasteiger partial charge in [-0.25, -0.2) is 0 Å². The van der Waals surface area contributed by atoms with Crippen molar-refractivity contribution in [2.75, 3.05) is 20.1 Å². The lowest BCUT2D eigenvalue weighted by Crippen LogP contribution is -2.30. The molecule has 0 fully saturated rings. The molecule has 0 aliphatic carbocycles. The van der Waals surface area contributed by atoms with Gasteiger partial charge in [-0.05, 0) is 33.5 Å². The van der Waals surface area contributed by atoms with Crippen molar-refractivity contribution in [3.8, 4) is 0 Å². The summed E-state index contributed by atoms with van der Waals surface area (Å²) in [5.74, 6) is 0. The fourth-order valence-electron chi connectivity index (χ4n) is 0.773. The van der Waals surface area contributed by atoms with Crippen LogP contribution in [-0.2, 0) is 0 Å². The van der Waals surface area contributed by atoms with E-state index in [1.807, 2.05) is 0 Å². The van der Waals surface area contributed by atoms with Crippen molar-refractivity contribution in [2.45, 2.75) is 26.3 Å². The fraction of sp³-hybridized carbons (Fsp3) is 1.00. The molecule has 0 aliphatic rings. The van der Waals surface area contributed by atoms with Gasteiger partial charge in [-0.3, -0.25) is 0 Å². The SMILES string of the molecule is CCN(C)[C@H](C)CCN. The van der Waals surface area contributed by atoms with Crippen LogP contribution in [0, 0.1) is 0 Å². The number of hydrogen-bond acceptors (Lipinski definition) is 2. The zero-order valence-electron chi connectivity index (χ0n) is 6.72. The molecule has 2 nitrogen and oxygen atoms in total. The van der Waals surface area contributed by atoms with Gasteiger partial charge in [-0.15, -0.1) is 0 Å². The Bertz CT molecular complexity index is 63.9. The highest BCUT2D eigenvalue weighted by Gasteiger charge is 2.03. The summed E-state index contributed by atoms with van der Waals surface area (Å²) in [6.45, 7) is 6.27. The van der Waals surface area contributed by atoms with Gasteiger partial charge < -0.3 is 10.6 Å². The Labute approximate surface area is 58.0 Å². The minimum atomic E-state index is 0.639. The van der Waals surface area contributed by atoms with E-state index >= 15 is 0 Å². The second kappa shape index (κ2) is 4.77. The molecule has 56 valence electrons. The predicted molar refractivity (Wildman–Crippen MR) is 41.4 cm³/mol. The Morgan fingerprint density at radius 1 is 1.56 bits per heavy atom. The average Bonchev–Trinajstić information content (AvgIpc) is 1.87. The second-order valence-electron chi connectivity index (χ2n) is 2.50. The molecular weight excluding hydrogens is 112 g/mol. The van der Waals surface area contributed by atoms with Crippen LogP contribution >= 0.6 is 0 Å². The lowest BCUT2D eigenvalue weighted by Gasteiger charge is -2.21. The van der Waals surface area contributed by atoms with E-state index in [0.29, 0.717) is 6.04 Å². The summed E-state index contributed by atoms with van der Waals surface area (Å²) in [7, 11) is 2.13. The molecule has 0 amide bonds. The summed E-state index contributed by atoms with van der Waals surface area (Å²) in [5.41, 5.74) is 5.40. The van der Waals surface area contributed by atoms with E-state index in [2.05, 4.69) is 25.8 Å². The van der Waals surface area contributed by atoms with Crippen LogP contribution in [0.5, 0.6) is 0 Å². The van der Waals surface area contributed by atoms with Crippen molar-refractivity contribution in [3.63, 3.8) is 0 Å². The molecule has 0 saturated heterocycles. The fourth-order valence-corrected chi connectivity index (χ4v) is 0.773. The number of hydrogen-bond donors (Lipinski definition) is 1. The average molecular weight is 130 g/mol. The molecule has 2 N–H and O–H groups in total. The lowest BCUT2D eigenvalue weighted by molar-refractivity contribution is 0.261. The Morgan fingerprint density at radius 2 is 2.11 bits per heavy atom. The molecule has 0 bridgehead atoms. The van der Waals surface area contributed by atoms with Gasteiger partial charge in [0.1, 0.15) is 0 Å². The summed E-state index contributed by atoms with van der Waals surface area (Å²) in [5, 5.41) is 0. The molecule has 0 saturated carbocycles. The molecule has 0 radical (unpaired) electrons. The van der Waals surface area contributed by atoms with Crippen LogP contribution in [0.4, 0.5) is 0 Å². The minimum absolute atomic E-state index is 0.639. The third kappa shape index (κ3) is 3.49. The van der Waals surface area contributed by atoms with Gasteiger partial charge in [-0.2, -0.15) is 0 Å². The maximum atomic E-state index is 5.40. The molecule has 0 aliphatic heterocycles. The van der Waals surface area contributed by atoms with Gasteiger partial charge >= 0.3 is 0 Å². The third-order valence-electron chi connectivity index (χ3n) is 1.84. The Hall–Kier alpha value is -0.0800. The van der Waals surface area contributed by atoms with Crippen molar-refractivity contribution in [1.29, 1.82) is 0 Å². The molecular formula is C7H18N2. The van der Waals surface area contributed by atoms with E-state index in [1.165, 1.54) is 0 Å². The molecule has 0 aromatic carbocycles. The first kappa shape index (κ1) is 8.92. The molecule has 0 aromatic rings. The Morgan fingerprint density at radius 3 is 2.44 bits per heavy atom. The molecule has 0 spiro atoms. The van der Waals surface area contributed by atoms with Crippen LogP contribution in [0.15, 0.2) is 0 Å². The van der Waals surface area contributed by atoms with Crippen molar-refractivity contribution in [3.05, 3.63) is 0 Å². The molecule has 2 heteroatoms. The molecule has 9 heavy (non-hydrogen) atoms.